The molecule has 1 amide bonds. The Morgan fingerprint density at radius 3 is 2.75 bits per heavy atom. The molecule has 24 heavy (non-hydrogen) atoms. The van der Waals surface area contributed by atoms with Crippen LogP contribution in [0.25, 0.3) is 0 Å². The first-order valence-corrected chi connectivity index (χ1v) is 7.25. The van der Waals surface area contributed by atoms with Crippen molar-refractivity contribution in [3.8, 4) is 0 Å². The van der Waals surface area contributed by atoms with Crippen molar-refractivity contribution in [2.24, 2.45) is 0 Å². The number of nitrogens with one attached hydrogen (secondary N) is 1. The maximum atomic E-state index is 12.5. The van der Waals surface area contributed by atoms with Crippen LogP contribution < -0.4 is 5.32 Å². The number of aliphatic hydroxyl groups is 1. The Morgan fingerprint density at radius 1 is 1.46 bits per heavy atom. The summed E-state index contributed by atoms with van der Waals surface area (Å²) in [6.45, 7) is 1.80. The van der Waals surface area contributed by atoms with E-state index in [9.17, 15) is 23.1 Å². The predicted molar refractivity (Wildman–Crippen MR) is 78.1 cm³/mol. The predicted octanol–water partition coefficient (Wildman–Crippen LogP) is 2.05. The highest BCUT2D eigenvalue weighted by Gasteiger charge is 2.30. The molecule has 0 saturated heterocycles. The summed E-state index contributed by atoms with van der Waals surface area (Å²) in [5.41, 5.74) is 1.12. The molecule has 0 aliphatic rings. The molecule has 132 valence electrons. The van der Waals surface area contributed by atoms with Gasteiger partial charge in [0.15, 0.2) is 0 Å². The maximum absolute atomic E-state index is 12.5. The summed E-state index contributed by atoms with van der Waals surface area (Å²) in [5.74, 6) is -0.0981. The molecular formula is C15H18F3N3O3. The monoisotopic (exact) mass is 345 g/mol. The van der Waals surface area contributed by atoms with Crippen molar-refractivity contribution in [1.82, 2.24) is 15.1 Å². The minimum atomic E-state index is -4.38. The lowest BCUT2D eigenvalue weighted by atomic mass is 10.1. The number of aliphatic hydroxyl groups excluding tert-OH is 1. The van der Waals surface area contributed by atoms with Crippen molar-refractivity contribution in [2.75, 3.05) is 6.54 Å². The zero-order chi connectivity index (χ0) is 17.9. The summed E-state index contributed by atoms with van der Waals surface area (Å²) in [6, 6.07) is 3.19. The summed E-state index contributed by atoms with van der Waals surface area (Å²) in [5, 5.41) is 16.2. The number of furan rings is 1. The number of halogens is 3. The lowest BCUT2D eigenvalue weighted by Gasteiger charge is -2.10. The fourth-order valence-electron chi connectivity index (χ4n) is 2.33. The Morgan fingerprint density at radius 2 is 2.17 bits per heavy atom. The zero-order valence-corrected chi connectivity index (χ0v) is 13.2. The largest absolute Gasteiger partial charge is 0.467 e. The summed E-state index contributed by atoms with van der Waals surface area (Å²) in [6.07, 6.45) is -4.07. The van der Waals surface area contributed by atoms with Gasteiger partial charge in [0.1, 0.15) is 18.4 Å². The first-order chi connectivity index (χ1) is 11.2. The van der Waals surface area contributed by atoms with Gasteiger partial charge in [-0.3, -0.25) is 9.48 Å². The molecule has 2 rings (SSSR count). The van der Waals surface area contributed by atoms with Crippen LogP contribution in [0.4, 0.5) is 13.2 Å². The van der Waals surface area contributed by atoms with Crippen molar-refractivity contribution < 1.29 is 27.5 Å². The van der Waals surface area contributed by atoms with Crippen molar-refractivity contribution in [3.63, 3.8) is 0 Å². The Balaban J connectivity index is 1.96. The summed E-state index contributed by atoms with van der Waals surface area (Å²) >= 11 is 0. The van der Waals surface area contributed by atoms with E-state index in [-0.39, 0.29) is 13.0 Å². The van der Waals surface area contributed by atoms with Crippen LogP contribution in [0.15, 0.2) is 22.8 Å². The highest BCUT2D eigenvalue weighted by molar-refractivity contribution is 5.79. The molecule has 0 saturated carbocycles. The molecule has 0 aliphatic heterocycles. The lowest BCUT2D eigenvalue weighted by Crippen LogP contribution is -2.29. The van der Waals surface area contributed by atoms with Gasteiger partial charge in [-0.1, -0.05) is 0 Å². The third-order valence-electron chi connectivity index (χ3n) is 3.56. The van der Waals surface area contributed by atoms with Crippen molar-refractivity contribution >= 4 is 5.91 Å². The molecule has 2 heterocycles. The molecule has 9 heteroatoms. The van der Waals surface area contributed by atoms with Crippen molar-refractivity contribution in [3.05, 3.63) is 41.1 Å². The van der Waals surface area contributed by atoms with Gasteiger partial charge < -0.3 is 14.8 Å². The number of aromatic nitrogens is 2. The van der Waals surface area contributed by atoms with E-state index in [1.54, 1.807) is 19.1 Å². The number of aryl methyl sites for hydroxylation is 1. The van der Waals surface area contributed by atoms with Gasteiger partial charge in [-0.05, 0) is 26.0 Å². The van der Waals surface area contributed by atoms with Gasteiger partial charge in [0.25, 0.3) is 0 Å². The molecule has 0 aliphatic carbocycles. The Hall–Kier alpha value is -2.29. The Kier molecular flexibility index (Phi) is 5.33. The first kappa shape index (κ1) is 18.1. The van der Waals surface area contributed by atoms with E-state index in [0.717, 1.165) is 4.68 Å². The van der Waals surface area contributed by atoms with Gasteiger partial charge in [0, 0.05) is 11.3 Å². The van der Waals surface area contributed by atoms with Gasteiger partial charge in [0.2, 0.25) is 5.91 Å². The van der Waals surface area contributed by atoms with Crippen molar-refractivity contribution in [2.45, 2.75) is 39.1 Å². The van der Waals surface area contributed by atoms with E-state index in [1.807, 2.05) is 0 Å². The molecule has 2 N–H and O–H groups in total. The van der Waals surface area contributed by atoms with Crippen LogP contribution >= 0.6 is 0 Å². The number of alkyl halides is 3. The summed E-state index contributed by atoms with van der Waals surface area (Å²) in [4.78, 5) is 12.0. The lowest BCUT2D eigenvalue weighted by molar-refractivity contribution is -0.143. The van der Waals surface area contributed by atoms with Gasteiger partial charge in [-0.2, -0.15) is 18.3 Å². The average molecular weight is 345 g/mol. The molecule has 2 aromatic heterocycles. The van der Waals surface area contributed by atoms with E-state index < -0.39 is 24.7 Å². The minimum Gasteiger partial charge on any atom is -0.467 e. The Labute approximate surface area is 136 Å². The van der Waals surface area contributed by atoms with Gasteiger partial charge in [-0.25, -0.2) is 0 Å². The molecule has 0 radical (unpaired) electrons. The van der Waals surface area contributed by atoms with Gasteiger partial charge >= 0.3 is 6.18 Å². The Bertz CT molecular complexity index is 693. The van der Waals surface area contributed by atoms with Gasteiger partial charge in [0.05, 0.1) is 24.9 Å². The number of hydrogen-bond donors (Lipinski definition) is 2. The fourth-order valence-corrected chi connectivity index (χ4v) is 2.33. The second kappa shape index (κ2) is 7.08. The standard InChI is InChI=1S/C15H18F3N3O3/c1-9-11(10(2)21(20-9)8-15(16,17)18)6-14(23)19-7-12(22)13-4-3-5-24-13/h3-5,12,22H,6-8H2,1-2H3,(H,19,23). The van der Waals surface area contributed by atoms with E-state index in [2.05, 4.69) is 10.4 Å². The number of amides is 1. The summed E-state index contributed by atoms with van der Waals surface area (Å²) < 4.78 is 43.3. The molecular weight excluding hydrogens is 327 g/mol. The van der Waals surface area contributed by atoms with Crippen molar-refractivity contribution in [1.29, 1.82) is 0 Å². The molecule has 0 fully saturated rings. The molecule has 2 aromatic rings. The van der Waals surface area contributed by atoms with Crippen LogP contribution in [0, 0.1) is 13.8 Å². The third kappa shape index (κ3) is 4.60. The number of carbonyl (C=O) groups is 1. The quantitative estimate of drug-likeness (QED) is 0.840. The van der Waals surface area contributed by atoms with Crippen LogP contribution in [0.1, 0.15) is 28.8 Å². The molecule has 0 bridgehead atoms. The zero-order valence-electron chi connectivity index (χ0n) is 13.2. The third-order valence-corrected chi connectivity index (χ3v) is 3.56. The minimum absolute atomic E-state index is 0.0544. The van der Waals surface area contributed by atoms with E-state index in [4.69, 9.17) is 4.42 Å². The maximum Gasteiger partial charge on any atom is 0.408 e. The van der Waals surface area contributed by atoms with Crippen LogP contribution in [-0.4, -0.2) is 33.5 Å². The summed E-state index contributed by atoms with van der Waals surface area (Å²) in [7, 11) is 0. The highest BCUT2D eigenvalue weighted by Crippen LogP contribution is 2.21. The number of carbonyl (C=O) groups excluding carboxylic acids is 1. The van der Waals surface area contributed by atoms with E-state index >= 15 is 0 Å². The molecule has 1 unspecified atom stereocenters. The molecule has 1 atom stereocenters. The van der Waals surface area contributed by atoms with E-state index in [0.29, 0.717) is 22.7 Å². The number of nitrogens with zero attached hydrogens (tertiary/aromatic N) is 2. The topological polar surface area (TPSA) is 80.3 Å². The van der Waals surface area contributed by atoms with Crippen LogP contribution in [-0.2, 0) is 17.8 Å². The SMILES string of the molecule is Cc1nn(CC(F)(F)F)c(C)c1CC(=O)NCC(O)c1ccco1. The van der Waals surface area contributed by atoms with Crippen LogP contribution in [0.3, 0.4) is 0 Å². The van der Waals surface area contributed by atoms with Crippen LogP contribution in [0.2, 0.25) is 0 Å². The molecule has 0 aromatic carbocycles. The van der Waals surface area contributed by atoms with Crippen LogP contribution in [0.5, 0.6) is 0 Å². The normalized spacial score (nSPS) is 13.1. The second-order valence-corrected chi connectivity index (χ2v) is 5.43. The first-order valence-electron chi connectivity index (χ1n) is 7.25. The second-order valence-electron chi connectivity index (χ2n) is 5.43. The molecule has 6 nitrogen and oxygen atoms in total. The smallest absolute Gasteiger partial charge is 0.408 e. The molecule has 0 spiro atoms. The number of hydrogen-bond acceptors (Lipinski definition) is 4. The van der Waals surface area contributed by atoms with Gasteiger partial charge in [-0.15, -0.1) is 0 Å². The average Bonchev–Trinajstić information content (AvgIpc) is 3.08. The number of rotatable bonds is 6. The van der Waals surface area contributed by atoms with E-state index in [1.165, 1.54) is 13.2 Å². The fraction of sp³-hybridized carbons (Fsp3) is 0.467. The highest BCUT2D eigenvalue weighted by atomic mass is 19.4.